The van der Waals surface area contributed by atoms with Crippen molar-refractivity contribution in [1.29, 1.82) is 0 Å². The Labute approximate surface area is 111 Å². The van der Waals surface area contributed by atoms with Gasteiger partial charge in [-0.2, -0.15) is 0 Å². The molecule has 94 valence electrons. The maximum atomic E-state index is 11.5. The maximum absolute atomic E-state index is 11.5. The van der Waals surface area contributed by atoms with E-state index in [1.54, 1.807) is 18.2 Å². The van der Waals surface area contributed by atoms with Crippen molar-refractivity contribution >= 4 is 29.1 Å². The van der Waals surface area contributed by atoms with Crippen molar-refractivity contribution in [1.82, 2.24) is 5.32 Å². The summed E-state index contributed by atoms with van der Waals surface area (Å²) in [4.78, 5) is 11.5. The van der Waals surface area contributed by atoms with E-state index in [4.69, 9.17) is 27.9 Å². The third-order valence-electron chi connectivity index (χ3n) is 1.77. The molecule has 0 aliphatic carbocycles. The molecule has 1 N–H and O–H groups in total. The van der Waals surface area contributed by atoms with Gasteiger partial charge in [0.1, 0.15) is 5.75 Å². The van der Waals surface area contributed by atoms with Crippen LogP contribution in [0.3, 0.4) is 0 Å². The summed E-state index contributed by atoms with van der Waals surface area (Å²) in [7, 11) is 0. The van der Waals surface area contributed by atoms with Gasteiger partial charge in [0, 0.05) is 10.6 Å². The van der Waals surface area contributed by atoms with Gasteiger partial charge in [0.15, 0.2) is 6.61 Å². The van der Waals surface area contributed by atoms with Gasteiger partial charge in [-0.3, -0.25) is 4.79 Å². The predicted octanol–water partition coefficient (Wildman–Crippen LogP) is 3.29. The van der Waals surface area contributed by atoms with Crippen molar-refractivity contribution in [3.05, 3.63) is 28.2 Å². The van der Waals surface area contributed by atoms with E-state index in [2.05, 4.69) is 5.32 Å². The van der Waals surface area contributed by atoms with Crippen LogP contribution in [0.2, 0.25) is 10.0 Å². The number of hydrogen-bond acceptors (Lipinski definition) is 2. The molecule has 0 radical (unpaired) electrons. The summed E-state index contributed by atoms with van der Waals surface area (Å²) in [6, 6.07) is 4.86. The lowest BCUT2D eigenvalue weighted by atomic mass is 10.1. The van der Waals surface area contributed by atoms with Crippen LogP contribution < -0.4 is 10.1 Å². The Morgan fingerprint density at radius 3 is 2.53 bits per heavy atom. The Hall–Kier alpha value is -0.930. The molecule has 1 amide bonds. The number of halogens is 2. The van der Waals surface area contributed by atoms with Crippen molar-refractivity contribution in [3.63, 3.8) is 0 Å². The molecular weight excluding hydrogens is 261 g/mol. The van der Waals surface area contributed by atoms with Gasteiger partial charge in [-0.05, 0) is 39.0 Å². The van der Waals surface area contributed by atoms with Crippen molar-refractivity contribution in [2.24, 2.45) is 0 Å². The zero-order valence-electron chi connectivity index (χ0n) is 10.0. The molecule has 0 spiro atoms. The van der Waals surface area contributed by atoms with Crippen molar-refractivity contribution in [2.75, 3.05) is 6.61 Å². The minimum atomic E-state index is -0.274. The summed E-state index contributed by atoms with van der Waals surface area (Å²) in [6.07, 6.45) is 0. The number of carbonyl (C=O) groups is 1. The molecule has 0 unspecified atom stereocenters. The summed E-state index contributed by atoms with van der Waals surface area (Å²) in [6.45, 7) is 5.64. The van der Waals surface area contributed by atoms with E-state index in [9.17, 15) is 4.79 Å². The first-order valence-electron chi connectivity index (χ1n) is 5.17. The largest absolute Gasteiger partial charge is 0.482 e. The molecule has 0 saturated carbocycles. The van der Waals surface area contributed by atoms with Crippen LogP contribution in [0.1, 0.15) is 20.8 Å². The molecular formula is C12H15Cl2NO2. The molecule has 0 atom stereocenters. The van der Waals surface area contributed by atoms with E-state index in [1.807, 2.05) is 20.8 Å². The van der Waals surface area contributed by atoms with E-state index in [0.29, 0.717) is 15.8 Å². The van der Waals surface area contributed by atoms with E-state index in [0.717, 1.165) is 0 Å². The fourth-order valence-electron chi connectivity index (χ4n) is 1.19. The number of nitrogens with one attached hydrogen (secondary N) is 1. The zero-order chi connectivity index (χ0) is 13.1. The predicted molar refractivity (Wildman–Crippen MR) is 69.9 cm³/mol. The molecule has 1 aromatic rings. The Bertz CT molecular complexity index is 413. The number of amides is 1. The van der Waals surface area contributed by atoms with Crippen LogP contribution in [-0.4, -0.2) is 18.1 Å². The van der Waals surface area contributed by atoms with Gasteiger partial charge < -0.3 is 10.1 Å². The second-order valence-corrected chi connectivity index (χ2v) is 5.51. The van der Waals surface area contributed by atoms with Gasteiger partial charge in [0.05, 0.1) is 5.02 Å². The molecule has 1 aromatic carbocycles. The first-order chi connectivity index (χ1) is 7.78. The highest BCUT2D eigenvalue weighted by molar-refractivity contribution is 6.35. The van der Waals surface area contributed by atoms with Crippen LogP contribution in [0.5, 0.6) is 5.75 Å². The van der Waals surface area contributed by atoms with Crippen molar-refractivity contribution in [2.45, 2.75) is 26.3 Å². The summed E-state index contributed by atoms with van der Waals surface area (Å²) in [5.41, 5.74) is -0.274. The molecule has 0 aliphatic rings. The first kappa shape index (κ1) is 14.1. The number of rotatable bonds is 3. The molecule has 0 heterocycles. The van der Waals surface area contributed by atoms with E-state index in [1.165, 1.54) is 0 Å². The van der Waals surface area contributed by atoms with Gasteiger partial charge in [-0.25, -0.2) is 0 Å². The molecule has 0 saturated heterocycles. The molecule has 0 fully saturated rings. The molecule has 0 aromatic heterocycles. The molecule has 1 rings (SSSR count). The summed E-state index contributed by atoms with van der Waals surface area (Å²) < 4.78 is 5.30. The summed E-state index contributed by atoms with van der Waals surface area (Å²) in [5, 5.41) is 3.71. The van der Waals surface area contributed by atoms with Crippen LogP contribution in [0, 0.1) is 0 Å². The summed E-state index contributed by atoms with van der Waals surface area (Å²) in [5.74, 6) is 0.253. The van der Waals surface area contributed by atoms with Crippen molar-refractivity contribution < 1.29 is 9.53 Å². The topological polar surface area (TPSA) is 38.3 Å². The van der Waals surface area contributed by atoms with Gasteiger partial charge in [0.25, 0.3) is 5.91 Å². The lowest BCUT2D eigenvalue weighted by Gasteiger charge is -2.20. The maximum Gasteiger partial charge on any atom is 0.258 e. The Kier molecular flexibility index (Phi) is 4.66. The summed E-state index contributed by atoms with van der Waals surface area (Å²) >= 11 is 11.7. The average molecular weight is 276 g/mol. The fraction of sp³-hybridized carbons (Fsp3) is 0.417. The second-order valence-electron chi connectivity index (χ2n) is 4.66. The van der Waals surface area contributed by atoms with Crippen LogP contribution in [0.4, 0.5) is 0 Å². The highest BCUT2D eigenvalue weighted by Gasteiger charge is 2.14. The smallest absolute Gasteiger partial charge is 0.258 e. The van der Waals surface area contributed by atoms with E-state index >= 15 is 0 Å². The van der Waals surface area contributed by atoms with Gasteiger partial charge in [-0.15, -0.1) is 0 Å². The second kappa shape index (κ2) is 5.61. The fourth-order valence-corrected chi connectivity index (χ4v) is 1.65. The quantitative estimate of drug-likeness (QED) is 0.920. The first-order valence-corrected chi connectivity index (χ1v) is 5.92. The Balaban J connectivity index is 2.53. The normalized spacial score (nSPS) is 11.1. The zero-order valence-corrected chi connectivity index (χ0v) is 11.5. The highest BCUT2D eigenvalue weighted by atomic mass is 35.5. The average Bonchev–Trinajstić information content (AvgIpc) is 2.13. The van der Waals surface area contributed by atoms with Gasteiger partial charge in [0.2, 0.25) is 0 Å². The molecule has 5 heteroatoms. The third kappa shape index (κ3) is 5.29. The lowest BCUT2D eigenvalue weighted by molar-refractivity contribution is -0.124. The van der Waals surface area contributed by atoms with Crippen LogP contribution in [-0.2, 0) is 4.79 Å². The number of ether oxygens (including phenoxy) is 1. The monoisotopic (exact) mass is 275 g/mol. The third-order valence-corrected chi connectivity index (χ3v) is 2.30. The molecule has 17 heavy (non-hydrogen) atoms. The number of hydrogen-bond donors (Lipinski definition) is 1. The van der Waals surface area contributed by atoms with Crippen LogP contribution in [0.15, 0.2) is 18.2 Å². The van der Waals surface area contributed by atoms with Crippen LogP contribution >= 0.6 is 23.2 Å². The van der Waals surface area contributed by atoms with Gasteiger partial charge >= 0.3 is 0 Å². The lowest BCUT2D eigenvalue weighted by Crippen LogP contribution is -2.43. The van der Waals surface area contributed by atoms with E-state index < -0.39 is 0 Å². The molecule has 0 bridgehead atoms. The van der Waals surface area contributed by atoms with E-state index in [-0.39, 0.29) is 18.1 Å². The minimum Gasteiger partial charge on any atom is -0.482 e. The van der Waals surface area contributed by atoms with Crippen LogP contribution in [0.25, 0.3) is 0 Å². The standard InChI is InChI=1S/C12H15Cl2NO2/c1-12(2,3)15-11(16)7-17-10-5-4-8(13)6-9(10)14/h4-6H,7H2,1-3H3,(H,15,16). The molecule has 0 aliphatic heterocycles. The minimum absolute atomic E-state index is 0.0708. The molecule has 3 nitrogen and oxygen atoms in total. The van der Waals surface area contributed by atoms with Gasteiger partial charge in [-0.1, -0.05) is 23.2 Å². The van der Waals surface area contributed by atoms with Crippen molar-refractivity contribution in [3.8, 4) is 5.75 Å². The number of benzene rings is 1. The SMILES string of the molecule is CC(C)(C)NC(=O)COc1ccc(Cl)cc1Cl. The number of carbonyl (C=O) groups excluding carboxylic acids is 1. The Morgan fingerprint density at radius 1 is 1.35 bits per heavy atom. The highest BCUT2D eigenvalue weighted by Crippen LogP contribution is 2.27. The Morgan fingerprint density at radius 2 is 2.00 bits per heavy atom.